The molecular weight excluding hydrogens is 390 g/mol. The molecule has 0 radical (unpaired) electrons. The minimum absolute atomic E-state index is 0.198. The smallest absolute Gasteiger partial charge is 0.174 e. The summed E-state index contributed by atoms with van der Waals surface area (Å²) in [5.41, 5.74) is 2.97. The first-order valence-corrected chi connectivity index (χ1v) is 11.5. The zero-order chi connectivity index (χ0) is 21.1. The molecule has 0 amide bonds. The molecule has 0 unspecified atom stereocenters. The van der Waals surface area contributed by atoms with Gasteiger partial charge in [0.2, 0.25) is 0 Å². The van der Waals surface area contributed by atoms with Crippen molar-refractivity contribution in [3.8, 4) is 11.5 Å². The first-order chi connectivity index (χ1) is 15.2. The minimum atomic E-state index is -0.467. The van der Waals surface area contributed by atoms with Crippen molar-refractivity contribution in [1.29, 1.82) is 0 Å². The van der Waals surface area contributed by atoms with E-state index in [-0.39, 0.29) is 11.8 Å². The standard InChI is InChI=1S/C26H29NO4/c1-29-20-10-9-18-16-21-26(30-15-5-8-17-6-3-2-4-7-17)12-11-19(28)24-25(26,13-14-27-21)22(18)23(20)31-24/h2-4,6-7,9-10,21,24,27H,5,8,11-16H2,1H3/t21-,24-,25+,26-/m1/s1. The topological polar surface area (TPSA) is 56.8 Å². The van der Waals surface area contributed by atoms with Gasteiger partial charge in [-0.05, 0) is 55.8 Å². The Hall–Kier alpha value is -2.37. The Labute approximate surface area is 183 Å². The molecule has 1 N–H and O–H groups in total. The van der Waals surface area contributed by atoms with E-state index < -0.39 is 17.1 Å². The van der Waals surface area contributed by atoms with Crippen molar-refractivity contribution in [1.82, 2.24) is 5.32 Å². The number of ketones is 1. The molecule has 2 aliphatic heterocycles. The van der Waals surface area contributed by atoms with Gasteiger partial charge in [-0.25, -0.2) is 0 Å². The lowest BCUT2D eigenvalue weighted by atomic mass is 9.49. The van der Waals surface area contributed by atoms with E-state index in [9.17, 15) is 4.79 Å². The normalized spacial score (nSPS) is 32.4. The van der Waals surface area contributed by atoms with Crippen LogP contribution in [0, 0.1) is 0 Å². The van der Waals surface area contributed by atoms with Crippen molar-refractivity contribution in [3.05, 3.63) is 59.2 Å². The molecule has 6 rings (SSSR count). The van der Waals surface area contributed by atoms with Crippen molar-refractivity contribution in [2.75, 3.05) is 20.3 Å². The number of piperidine rings is 1. The summed E-state index contributed by atoms with van der Waals surface area (Å²) < 4.78 is 19.0. The zero-order valence-electron chi connectivity index (χ0n) is 18.0. The van der Waals surface area contributed by atoms with Crippen LogP contribution in [0.2, 0.25) is 0 Å². The molecule has 1 spiro atoms. The molecule has 2 aromatic carbocycles. The highest BCUT2D eigenvalue weighted by Gasteiger charge is 2.73. The number of carbonyl (C=O) groups excluding carboxylic acids is 1. The Morgan fingerprint density at radius 1 is 1.16 bits per heavy atom. The van der Waals surface area contributed by atoms with E-state index in [1.807, 2.05) is 6.07 Å². The van der Waals surface area contributed by atoms with Crippen LogP contribution in [0.4, 0.5) is 0 Å². The van der Waals surface area contributed by atoms with E-state index in [0.717, 1.165) is 50.1 Å². The van der Waals surface area contributed by atoms with Crippen LogP contribution < -0.4 is 14.8 Å². The number of methoxy groups -OCH3 is 1. The van der Waals surface area contributed by atoms with Crippen LogP contribution in [0.15, 0.2) is 42.5 Å². The summed E-state index contributed by atoms with van der Waals surface area (Å²) in [6.07, 6.45) is 4.51. The molecule has 2 fully saturated rings. The SMILES string of the molecule is COc1ccc2c3c1O[C@@H]1C(=O)CC[C@@]4(OCCCc5ccccc5)[C@@H](C2)NCC[C@]314. The number of benzene rings is 2. The Bertz CT molecular complexity index is 1020. The van der Waals surface area contributed by atoms with Crippen LogP contribution in [0.25, 0.3) is 0 Å². The zero-order valence-corrected chi connectivity index (χ0v) is 18.0. The molecule has 1 saturated carbocycles. The van der Waals surface area contributed by atoms with Crippen LogP contribution >= 0.6 is 0 Å². The van der Waals surface area contributed by atoms with Crippen LogP contribution in [0.5, 0.6) is 11.5 Å². The Morgan fingerprint density at radius 2 is 2.03 bits per heavy atom. The first-order valence-electron chi connectivity index (χ1n) is 11.5. The first kappa shape index (κ1) is 19.3. The second-order valence-corrected chi connectivity index (χ2v) is 9.35. The highest BCUT2D eigenvalue weighted by Crippen LogP contribution is 2.64. The third-order valence-electron chi connectivity index (χ3n) is 8.06. The molecule has 2 aliphatic carbocycles. The maximum absolute atomic E-state index is 13.1. The van der Waals surface area contributed by atoms with Gasteiger partial charge in [-0.2, -0.15) is 0 Å². The molecule has 4 atom stereocenters. The maximum atomic E-state index is 13.1. The fourth-order valence-corrected chi connectivity index (χ4v) is 6.82. The van der Waals surface area contributed by atoms with E-state index in [0.29, 0.717) is 13.0 Å². The lowest BCUT2D eigenvalue weighted by Crippen LogP contribution is -2.77. The molecular formula is C26H29NO4. The minimum Gasteiger partial charge on any atom is -0.493 e. The van der Waals surface area contributed by atoms with Gasteiger partial charge in [0.05, 0.1) is 18.1 Å². The molecule has 2 heterocycles. The fraction of sp³-hybridized carbons (Fsp3) is 0.500. The Balaban J connectivity index is 1.38. The van der Waals surface area contributed by atoms with Crippen molar-refractivity contribution in [2.45, 2.75) is 61.7 Å². The molecule has 162 valence electrons. The third-order valence-corrected chi connectivity index (χ3v) is 8.06. The fourth-order valence-electron chi connectivity index (χ4n) is 6.82. The summed E-state index contributed by atoms with van der Waals surface area (Å²) in [6.45, 7) is 1.56. The number of Topliss-reactive ketones (excluding diaryl/α,β-unsaturated/α-hetero) is 1. The molecule has 5 heteroatoms. The summed E-state index contributed by atoms with van der Waals surface area (Å²) in [7, 11) is 1.67. The number of hydrogen-bond donors (Lipinski definition) is 1. The molecule has 2 bridgehead atoms. The third kappa shape index (κ3) is 2.53. The number of nitrogens with one attached hydrogen (secondary N) is 1. The van der Waals surface area contributed by atoms with Gasteiger partial charge in [-0.1, -0.05) is 36.4 Å². The van der Waals surface area contributed by atoms with Gasteiger partial charge in [0.15, 0.2) is 23.4 Å². The predicted molar refractivity (Wildman–Crippen MR) is 117 cm³/mol. The summed E-state index contributed by atoms with van der Waals surface area (Å²) in [5, 5.41) is 3.75. The summed E-state index contributed by atoms with van der Waals surface area (Å²) in [6, 6.07) is 14.9. The van der Waals surface area contributed by atoms with Crippen LogP contribution in [0.1, 0.15) is 42.4 Å². The van der Waals surface area contributed by atoms with Gasteiger partial charge >= 0.3 is 0 Å². The molecule has 1 saturated heterocycles. The van der Waals surface area contributed by atoms with Crippen LogP contribution in [0.3, 0.4) is 0 Å². The van der Waals surface area contributed by atoms with Gasteiger partial charge < -0.3 is 19.5 Å². The lowest BCUT2D eigenvalue weighted by molar-refractivity contribution is -0.189. The van der Waals surface area contributed by atoms with Crippen molar-refractivity contribution in [3.63, 3.8) is 0 Å². The average Bonchev–Trinajstić information content (AvgIpc) is 3.14. The summed E-state index contributed by atoms with van der Waals surface area (Å²) >= 11 is 0. The second-order valence-electron chi connectivity index (χ2n) is 9.35. The quantitative estimate of drug-likeness (QED) is 0.728. The van der Waals surface area contributed by atoms with Crippen molar-refractivity contribution in [2.24, 2.45) is 0 Å². The summed E-state index contributed by atoms with van der Waals surface area (Å²) in [5.74, 6) is 1.71. The van der Waals surface area contributed by atoms with Crippen LogP contribution in [-0.2, 0) is 27.8 Å². The number of carbonyl (C=O) groups is 1. The van der Waals surface area contributed by atoms with E-state index in [4.69, 9.17) is 14.2 Å². The molecule has 0 aromatic heterocycles. The highest BCUT2D eigenvalue weighted by atomic mass is 16.5. The molecule has 2 aromatic rings. The van der Waals surface area contributed by atoms with Gasteiger partial charge in [0, 0.05) is 24.6 Å². The van der Waals surface area contributed by atoms with Gasteiger partial charge in [-0.3, -0.25) is 4.79 Å². The molecule has 4 aliphatic rings. The number of hydrogen-bond acceptors (Lipinski definition) is 5. The predicted octanol–water partition coefficient (Wildman–Crippen LogP) is 3.36. The molecule has 5 nitrogen and oxygen atoms in total. The number of aryl methyl sites for hydroxylation is 1. The lowest BCUT2D eigenvalue weighted by Gasteiger charge is -2.61. The van der Waals surface area contributed by atoms with Crippen LogP contribution in [-0.4, -0.2) is 43.8 Å². The molecule has 31 heavy (non-hydrogen) atoms. The van der Waals surface area contributed by atoms with E-state index in [2.05, 4.69) is 41.7 Å². The second kappa shape index (κ2) is 7.07. The van der Waals surface area contributed by atoms with E-state index in [1.165, 1.54) is 16.7 Å². The highest BCUT2D eigenvalue weighted by molar-refractivity contribution is 5.90. The number of ether oxygens (including phenoxy) is 3. The monoisotopic (exact) mass is 419 g/mol. The van der Waals surface area contributed by atoms with Gasteiger partial charge in [0.25, 0.3) is 0 Å². The Kier molecular flexibility index (Phi) is 4.41. The van der Waals surface area contributed by atoms with Gasteiger partial charge in [0.1, 0.15) is 0 Å². The average molecular weight is 420 g/mol. The largest absolute Gasteiger partial charge is 0.493 e. The van der Waals surface area contributed by atoms with Crippen molar-refractivity contribution < 1.29 is 19.0 Å². The van der Waals surface area contributed by atoms with Crippen molar-refractivity contribution >= 4 is 5.78 Å². The van der Waals surface area contributed by atoms with Gasteiger partial charge in [-0.15, -0.1) is 0 Å². The summed E-state index contributed by atoms with van der Waals surface area (Å²) in [4.78, 5) is 13.1. The number of rotatable bonds is 6. The van der Waals surface area contributed by atoms with E-state index in [1.54, 1.807) is 7.11 Å². The van der Waals surface area contributed by atoms with E-state index >= 15 is 0 Å². The maximum Gasteiger partial charge on any atom is 0.174 e. The Morgan fingerprint density at radius 3 is 2.87 bits per heavy atom.